The number of thiol groups is 1. The molecular formula is C43H69B2F3N2O3S. The molecule has 4 fully saturated rings. The summed E-state index contributed by atoms with van der Waals surface area (Å²) in [5.41, 5.74) is 0.927. The summed E-state index contributed by atoms with van der Waals surface area (Å²) in [6.07, 6.45) is 12.8. The Bertz CT molecular complexity index is 1360. The zero-order chi connectivity index (χ0) is 40.5. The Morgan fingerprint density at radius 3 is 2.13 bits per heavy atom. The lowest BCUT2D eigenvalue weighted by molar-refractivity contribution is -0.129. The Hall–Kier alpha value is -1.61. The largest absolute Gasteiger partial charge is 0.415 e. The number of hydrogen-bond donors (Lipinski definition) is 1. The van der Waals surface area contributed by atoms with Crippen LogP contribution in [0.3, 0.4) is 0 Å². The first kappa shape index (κ1) is 46.8. The van der Waals surface area contributed by atoms with Crippen molar-refractivity contribution in [3.63, 3.8) is 0 Å². The fraction of sp³-hybridized carbons (Fsp3) is 0.814. The summed E-state index contributed by atoms with van der Waals surface area (Å²) in [6, 6.07) is 5.09. The van der Waals surface area contributed by atoms with Crippen LogP contribution in [0.5, 0.6) is 5.75 Å². The van der Waals surface area contributed by atoms with Crippen LogP contribution in [0.15, 0.2) is 12.1 Å². The van der Waals surface area contributed by atoms with Crippen LogP contribution >= 0.6 is 12.6 Å². The van der Waals surface area contributed by atoms with E-state index in [1.807, 2.05) is 18.7 Å². The first-order chi connectivity index (χ1) is 25.3. The number of halogens is 3. The fourth-order valence-corrected chi connectivity index (χ4v) is 9.10. The lowest BCUT2D eigenvalue weighted by Crippen LogP contribution is -2.48. The molecule has 0 bridgehead atoms. The van der Waals surface area contributed by atoms with Crippen LogP contribution in [-0.4, -0.2) is 86.7 Å². The molecule has 6 rings (SSSR count). The zero-order valence-corrected chi connectivity index (χ0v) is 35.6. The molecule has 0 aromatic heterocycles. The second-order valence-corrected chi connectivity index (χ2v) is 18.0. The molecule has 2 saturated heterocycles. The van der Waals surface area contributed by atoms with Gasteiger partial charge in [-0.2, -0.15) is 12.6 Å². The van der Waals surface area contributed by atoms with Crippen LogP contribution in [-0.2, 0) is 11.2 Å². The molecule has 2 heterocycles. The monoisotopic (exact) mass is 773 g/mol. The quantitative estimate of drug-likeness (QED) is 0.231. The van der Waals surface area contributed by atoms with Crippen LogP contribution in [0.1, 0.15) is 155 Å². The van der Waals surface area contributed by atoms with Crippen LogP contribution in [0.4, 0.5) is 18.0 Å². The van der Waals surface area contributed by atoms with Crippen LogP contribution in [0, 0.1) is 29.6 Å². The summed E-state index contributed by atoms with van der Waals surface area (Å²) in [5, 5.41) is 0. The number of benzene rings is 1. The summed E-state index contributed by atoms with van der Waals surface area (Å²) in [6.45, 7) is 21.3. The highest BCUT2D eigenvalue weighted by Crippen LogP contribution is 2.59. The van der Waals surface area contributed by atoms with E-state index in [4.69, 9.17) is 4.74 Å². The van der Waals surface area contributed by atoms with Gasteiger partial charge in [0.15, 0.2) is 0 Å². The number of aryl methyl sites for hydroxylation is 2. The number of fused-ring (bicyclic) bond motifs is 5. The second-order valence-electron chi connectivity index (χ2n) is 17.5. The van der Waals surface area contributed by atoms with Gasteiger partial charge in [0, 0.05) is 37.4 Å². The number of likely N-dealkylation sites (tertiary alicyclic amines) is 2. The van der Waals surface area contributed by atoms with Gasteiger partial charge in [0.2, 0.25) is 0 Å². The molecule has 54 heavy (non-hydrogen) atoms. The minimum atomic E-state index is -3.67. The van der Waals surface area contributed by atoms with E-state index in [0.29, 0.717) is 35.0 Å². The SMILES string of the molecule is CC.CCC(C)(C)C.Cc1cc2c(cc1OC(=O)N1CCC(N3CCCCC3)CC1)CCC1C2CCC2(C)C(=O)CCC12.[B]C([B])(F)C(F)(F)CCCS. The maximum Gasteiger partial charge on any atom is 0.415 e. The van der Waals surface area contributed by atoms with Crippen molar-refractivity contribution in [1.29, 1.82) is 0 Å². The maximum absolute atomic E-state index is 13.0. The molecule has 302 valence electrons. The number of carbonyl (C=O) groups excluding carboxylic acids is 2. The Morgan fingerprint density at radius 2 is 1.57 bits per heavy atom. The minimum Gasteiger partial charge on any atom is -0.410 e. The molecule has 4 radical (unpaired) electrons. The van der Waals surface area contributed by atoms with E-state index in [1.54, 1.807) is 0 Å². The van der Waals surface area contributed by atoms with Crippen molar-refractivity contribution in [3.05, 3.63) is 28.8 Å². The number of nitrogens with zero attached hydrogens (tertiary/aromatic N) is 2. The van der Waals surface area contributed by atoms with Gasteiger partial charge in [-0.05, 0) is 136 Å². The Labute approximate surface area is 334 Å². The molecule has 2 saturated carbocycles. The summed E-state index contributed by atoms with van der Waals surface area (Å²) in [4.78, 5) is 30.2. The van der Waals surface area contributed by atoms with Crippen LogP contribution in [0.2, 0.25) is 0 Å². The maximum atomic E-state index is 13.0. The molecule has 4 unspecified atom stereocenters. The summed E-state index contributed by atoms with van der Waals surface area (Å²) in [7, 11) is 8.78. The third kappa shape index (κ3) is 12.0. The van der Waals surface area contributed by atoms with Crippen molar-refractivity contribution in [1.82, 2.24) is 9.80 Å². The van der Waals surface area contributed by atoms with Gasteiger partial charge >= 0.3 is 6.09 Å². The minimum absolute atomic E-state index is 0.0787. The molecule has 11 heteroatoms. The standard InChI is InChI=1S/C30H42N2O3.C6H14.C5H7B2F3S.C2H6/c1-20-18-25-21(6-7-24-23(25)10-13-30(2)26(24)8-9-28(30)33)19-27(20)35-29(34)32-16-11-22(12-17-32)31-14-4-3-5-15-31;1-5-6(2,3)4;6-5(7,10)4(8,9)2-1-3-11;1-2/h18-19,22-24,26H,3-17H2,1-2H3;5H2,1-4H3;11H,1-3H2;1-2H3. The van der Waals surface area contributed by atoms with Gasteiger partial charge in [0.25, 0.3) is 5.92 Å². The average molecular weight is 773 g/mol. The van der Waals surface area contributed by atoms with E-state index < -0.39 is 17.8 Å². The Morgan fingerprint density at radius 1 is 0.963 bits per heavy atom. The first-order valence-electron chi connectivity index (χ1n) is 20.9. The van der Waals surface area contributed by atoms with E-state index in [2.05, 4.69) is 86.9 Å². The third-order valence-electron chi connectivity index (χ3n) is 12.8. The summed E-state index contributed by atoms with van der Waals surface area (Å²) >= 11 is 3.69. The van der Waals surface area contributed by atoms with Gasteiger partial charge < -0.3 is 14.5 Å². The van der Waals surface area contributed by atoms with Crippen LogP contribution in [0.25, 0.3) is 0 Å². The van der Waals surface area contributed by atoms with Gasteiger partial charge in [-0.15, -0.1) is 0 Å². The number of hydrogen-bond acceptors (Lipinski definition) is 5. The first-order valence-corrected chi connectivity index (χ1v) is 21.6. The molecule has 1 amide bonds. The molecule has 2 aliphatic heterocycles. The molecule has 1 aromatic rings. The van der Waals surface area contributed by atoms with E-state index in [-0.39, 0.29) is 23.7 Å². The summed E-state index contributed by atoms with van der Waals surface area (Å²) in [5.74, 6) is -0.442. The number of piperidine rings is 2. The predicted molar refractivity (Wildman–Crippen MR) is 221 cm³/mol. The number of rotatable bonds is 6. The molecule has 3 aliphatic carbocycles. The predicted octanol–water partition coefficient (Wildman–Crippen LogP) is 10.6. The summed E-state index contributed by atoms with van der Waals surface area (Å²) < 4.78 is 43.2. The highest BCUT2D eigenvalue weighted by Gasteiger charge is 2.54. The Balaban J connectivity index is 0.000000345. The molecule has 5 aliphatic rings. The van der Waals surface area contributed by atoms with E-state index in [1.165, 1.54) is 49.9 Å². The highest BCUT2D eigenvalue weighted by molar-refractivity contribution is 7.80. The number of ether oxygens (including phenoxy) is 1. The second kappa shape index (κ2) is 20.2. The average Bonchev–Trinajstić information content (AvgIpc) is 3.45. The van der Waals surface area contributed by atoms with Gasteiger partial charge in [-0.1, -0.05) is 67.4 Å². The molecule has 0 N–H and O–H groups in total. The van der Waals surface area contributed by atoms with Crippen molar-refractivity contribution < 1.29 is 27.5 Å². The zero-order valence-electron chi connectivity index (χ0n) is 34.8. The van der Waals surface area contributed by atoms with E-state index in [0.717, 1.165) is 75.8 Å². The Kier molecular flexibility index (Phi) is 17.5. The van der Waals surface area contributed by atoms with E-state index >= 15 is 0 Å². The van der Waals surface area contributed by atoms with Crippen LogP contribution < -0.4 is 4.74 Å². The number of carbonyl (C=O) groups is 2. The van der Waals surface area contributed by atoms with Crippen molar-refractivity contribution >= 4 is 40.2 Å². The van der Waals surface area contributed by atoms with Crippen molar-refractivity contribution in [3.8, 4) is 5.75 Å². The van der Waals surface area contributed by atoms with Gasteiger partial charge in [-0.3, -0.25) is 9.18 Å². The lowest BCUT2D eigenvalue weighted by Gasteiger charge is -2.48. The lowest BCUT2D eigenvalue weighted by atomic mass is 9.55. The van der Waals surface area contributed by atoms with Gasteiger partial charge in [-0.25, -0.2) is 13.6 Å². The highest BCUT2D eigenvalue weighted by atomic mass is 32.1. The molecule has 5 nitrogen and oxygen atoms in total. The molecule has 4 atom stereocenters. The van der Waals surface area contributed by atoms with E-state index in [9.17, 15) is 22.8 Å². The smallest absolute Gasteiger partial charge is 0.410 e. The van der Waals surface area contributed by atoms with Crippen molar-refractivity contribution in [2.45, 2.75) is 169 Å². The number of amides is 1. The molecule has 1 aromatic carbocycles. The number of alkyl halides is 3. The number of ketones is 1. The topological polar surface area (TPSA) is 49.9 Å². The van der Waals surface area contributed by atoms with Crippen molar-refractivity contribution in [2.75, 3.05) is 31.9 Å². The number of Topliss-reactive ketones (excluding diaryl/α,β-unsaturated/α-hetero) is 1. The third-order valence-corrected chi connectivity index (χ3v) is 13.1. The fourth-order valence-electron chi connectivity index (χ4n) is 8.94. The molecule has 0 spiro atoms. The normalized spacial score (nSPS) is 26.0. The van der Waals surface area contributed by atoms with Crippen molar-refractivity contribution in [2.24, 2.45) is 22.7 Å². The van der Waals surface area contributed by atoms with Gasteiger partial charge in [0.1, 0.15) is 27.2 Å². The molecular weight excluding hydrogens is 703 g/mol. The van der Waals surface area contributed by atoms with Gasteiger partial charge in [0.05, 0.1) is 5.47 Å².